The first-order chi connectivity index (χ1) is 26.6. The molecule has 0 saturated carbocycles. The van der Waals surface area contributed by atoms with Crippen molar-refractivity contribution < 1.29 is 19.4 Å². The number of aliphatic hydroxyl groups is 1. The molecule has 0 radical (unpaired) electrons. The van der Waals surface area contributed by atoms with Crippen molar-refractivity contribution in [1.82, 2.24) is 15.2 Å². The lowest BCUT2D eigenvalue weighted by Crippen LogP contribution is -2.40. The molecule has 1 fully saturated rings. The van der Waals surface area contributed by atoms with Crippen LogP contribution in [0.2, 0.25) is 0 Å². The molecule has 0 aliphatic carbocycles. The number of amides is 1. The number of unbranched alkanes of at least 4 members (excludes halogenated alkanes) is 10. The summed E-state index contributed by atoms with van der Waals surface area (Å²) in [6, 6.07) is 28.5. The van der Waals surface area contributed by atoms with Crippen LogP contribution in [0.4, 0.5) is 0 Å². The Labute approximate surface area is 324 Å². The van der Waals surface area contributed by atoms with Gasteiger partial charge in [0.25, 0.3) is 5.91 Å². The van der Waals surface area contributed by atoms with E-state index in [2.05, 4.69) is 77.6 Å². The molecule has 0 bridgehead atoms. The average Bonchev–Trinajstić information content (AvgIpc) is 3.22. The number of rotatable bonds is 23. The van der Waals surface area contributed by atoms with Gasteiger partial charge < -0.3 is 24.8 Å². The molecule has 1 amide bonds. The first-order valence-electron chi connectivity index (χ1n) is 20.7. The molecule has 5 rings (SSSR count). The van der Waals surface area contributed by atoms with Gasteiger partial charge in [-0.15, -0.1) is 0 Å². The van der Waals surface area contributed by atoms with Crippen molar-refractivity contribution in [2.45, 2.75) is 129 Å². The number of benzene rings is 3. The van der Waals surface area contributed by atoms with Crippen LogP contribution in [0.3, 0.4) is 0 Å². The lowest BCUT2D eigenvalue weighted by atomic mass is 9.98. The predicted molar refractivity (Wildman–Crippen MR) is 219 cm³/mol. The van der Waals surface area contributed by atoms with Crippen LogP contribution in [0.15, 0.2) is 97.3 Å². The summed E-state index contributed by atoms with van der Waals surface area (Å²) in [6.07, 6.45) is 19.1. The van der Waals surface area contributed by atoms with Gasteiger partial charge in [0.1, 0.15) is 0 Å². The summed E-state index contributed by atoms with van der Waals surface area (Å²) in [5, 5.41) is 12.7. The number of hydrogen-bond donors (Lipinski definition) is 2. The molecular formula is C47H63N3O4. The van der Waals surface area contributed by atoms with Crippen LogP contribution < -0.4 is 5.32 Å². The minimum Gasteiger partial charge on any atom is -0.392 e. The number of hydrogen-bond acceptors (Lipinski definition) is 6. The molecule has 1 saturated heterocycles. The molecule has 2 N–H and O–H groups in total. The number of pyridine rings is 1. The standard InChI is InChI=1S/C47H63N3O4/c1-3-5-7-9-11-13-29-50(30-14-12-10-8-6-4-2)35-44-32-45(40-22-20-37(36-51)21-23-40)54-47(53-44)41-26-24-39(25-27-41)42-18-15-17-38(31-42)33-49-46(52)43-19-16-28-48-34-43/h15-28,31,34,44-45,47,51H,3-14,29-30,32-33,35-36H2,1-2H3,(H,49,52)/t44-,45+,47+/m0/s1. The highest BCUT2D eigenvalue weighted by Gasteiger charge is 2.33. The third-order valence-corrected chi connectivity index (χ3v) is 10.6. The SMILES string of the molecule is CCCCCCCCN(CCCCCCCC)C[C@@H]1C[C@H](c2ccc(CO)cc2)O[C@H](c2ccc(-c3cccc(CNC(=O)c4cccnc4)c3)cc2)O1. The summed E-state index contributed by atoms with van der Waals surface area (Å²) in [7, 11) is 0. The van der Waals surface area contributed by atoms with E-state index in [0.717, 1.165) is 59.4 Å². The number of aliphatic hydroxyl groups excluding tert-OH is 1. The molecule has 3 atom stereocenters. The maximum absolute atomic E-state index is 12.6. The number of nitrogens with zero attached hydrogens (tertiary/aromatic N) is 2. The normalized spacial score (nSPS) is 17.1. The van der Waals surface area contributed by atoms with Crippen molar-refractivity contribution in [1.29, 1.82) is 0 Å². The molecule has 7 heteroatoms. The second-order valence-corrected chi connectivity index (χ2v) is 14.9. The highest BCUT2D eigenvalue weighted by atomic mass is 16.7. The van der Waals surface area contributed by atoms with E-state index in [1.54, 1.807) is 24.5 Å². The van der Waals surface area contributed by atoms with Crippen molar-refractivity contribution in [2.75, 3.05) is 19.6 Å². The van der Waals surface area contributed by atoms with Gasteiger partial charge in [-0.3, -0.25) is 9.78 Å². The quantitative estimate of drug-likeness (QED) is 0.0739. The summed E-state index contributed by atoms with van der Waals surface area (Å²) < 4.78 is 13.5. The largest absolute Gasteiger partial charge is 0.392 e. The molecule has 0 unspecified atom stereocenters. The highest BCUT2D eigenvalue weighted by molar-refractivity contribution is 5.93. The van der Waals surface area contributed by atoms with Crippen molar-refractivity contribution in [3.05, 3.63) is 125 Å². The fourth-order valence-corrected chi connectivity index (χ4v) is 7.32. The maximum Gasteiger partial charge on any atom is 0.253 e. The van der Waals surface area contributed by atoms with Crippen molar-refractivity contribution in [2.24, 2.45) is 0 Å². The lowest BCUT2D eigenvalue weighted by Gasteiger charge is -2.38. The van der Waals surface area contributed by atoms with Crippen LogP contribution in [-0.2, 0) is 22.6 Å². The Hall–Kier alpha value is -3.88. The molecule has 54 heavy (non-hydrogen) atoms. The molecule has 0 spiro atoms. The van der Waals surface area contributed by atoms with E-state index in [1.807, 2.05) is 24.3 Å². The van der Waals surface area contributed by atoms with Crippen LogP contribution in [-0.4, -0.2) is 46.6 Å². The number of carbonyl (C=O) groups is 1. The second kappa shape index (κ2) is 23.1. The highest BCUT2D eigenvalue weighted by Crippen LogP contribution is 2.39. The third-order valence-electron chi connectivity index (χ3n) is 10.6. The van der Waals surface area contributed by atoms with Crippen molar-refractivity contribution in [3.8, 4) is 11.1 Å². The first kappa shape index (κ1) is 41.3. The number of aromatic nitrogens is 1. The molecule has 4 aromatic rings. The van der Waals surface area contributed by atoms with Crippen LogP contribution in [0, 0.1) is 0 Å². The monoisotopic (exact) mass is 733 g/mol. The van der Waals surface area contributed by atoms with Crippen molar-refractivity contribution >= 4 is 5.91 Å². The Morgan fingerprint density at radius 1 is 0.741 bits per heavy atom. The fraction of sp³-hybridized carbons (Fsp3) is 0.489. The van der Waals surface area contributed by atoms with Gasteiger partial charge in [0.15, 0.2) is 6.29 Å². The van der Waals surface area contributed by atoms with Gasteiger partial charge >= 0.3 is 0 Å². The van der Waals surface area contributed by atoms with Crippen molar-refractivity contribution in [3.63, 3.8) is 0 Å². The zero-order valence-electron chi connectivity index (χ0n) is 32.8. The molecule has 1 aliphatic heterocycles. The minimum atomic E-state index is -0.487. The van der Waals surface area contributed by atoms with E-state index in [4.69, 9.17) is 9.47 Å². The van der Waals surface area contributed by atoms with Crippen LogP contribution in [0.25, 0.3) is 11.1 Å². The van der Waals surface area contributed by atoms with E-state index in [-0.39, 0.29) is 24.7 Å². The zero-order valence-corrected chi connectivity index (χ0v) is 32.8. The van der Waals surface area contributed by atoms with Gasteiger partial charge in [-0.25, -0.2) is 0 Å². The molecule has 1 aromatic heterocycles. The lowest BCUT2D eigenvalue weighted by molar-refractivity contribution is -0.253. The Balaban J connectivity index is 1.27. The number of nitrogens with one attached hydrogen (secondary N) is 1. The topological polar surface area (TPSA) is 83.9 Å². The summed E-state index contributed by atoms with van der Waals surface area (Å²) in [4.78, 5) is 19.3. The fourth-order valence-electron chi connectivity index (χ4n) is 7.32. The molecule has 1 aliphatic rings. The van der Waals surface area contributed by atoms with E-state index in [1.165, 1.54) is 77.0 Å². The molecule has 290 valence electrons. The van der Waals surface area contributed by atoms with Gasteiger partial charge in [-0.05, 0) is 71.9 Å². The van der Waals surface area contributed by atoms with Crippen LogP contribution >= 0.6 is 0 Å². The number of carbonyl (C=O) groups excluding carboxylic acids is 1. The average molecular weight is 734 g/mol. The minimum absolute atomic E-state index is 0.0291. The molecule has 2 heterocycles. The summed E-state index contributed by atoms with van der Waals surface area (Å²) >= 11 is 0. The van der Waals surface area contributed by atoms with E-state index >= 15 is 0 Å². The Bertz CT molecular complexity index is 1610. The van der Waals surface area contributed by atoms with Gasteiger partial charge in [0.2, 0.25) is 0 Å². The van der Waals surface area contributed by atoms with Crippen LogP contribution in [0.5, 0.6) is 0 Å². The first-order valence-corrected chi connectivity index (χ1v) is 20.7. The Morgan fingerprint density at radius 3 is 2.06 bits per heavy atom. The summed E-state index contributed by atoms with van der Waals surface area (Å²) in [5.41, 5.74) is 6.76. The molecule has 3 aromatic carbocycles. The Morgan fingerprint density at radius 2 is 1.41 bits per heavy atom. The van der Waals surface area contributed by atoms with Gasteiger partial charge in [-0.1, -0.05) is 145 Å². The smallest absolute Gasteiger partial charge is 0.253 e. The van der Waals surface area contributed by atoms with Crippen LogP contribution in [0.1, 0.15) is 142 Å². The maximum atomic E-state index is 12.6. The predicted octanol–water partition coefficient (Wildman–Crippen LogP) is 10.7. The molecular weight excluding hydrogens is 671 g/mol. The second-order valence-electron chi connectivity index (χ2n) is 14.9. The van der Waals surface area contributed by atoms with E-state index < -0.39 is 6.29 Å². The van der Waals surface area contributed by atoms with Gasteiger partial charge in [0.05, 0.1) is 24.4 Å². The summed E-state index contributed by atoms with van der Waals surface area (Å²) in [5.74, 6) is -0.140. The van der Waals surface area contributed by atoms with Gasteiger partial charge in [0, 0.05) is 37.5 Å². The van der Waals surface area contributed by atoms with E-state index in [0.29, 0.717) is 12.1 Å². The zero-order chi connectivity index (χ0) is 37.8. The Kier molecular flexibility index (Phi) is 17.7. The molecule has 7 nitrogen and oxygen atoms in total. The van der Waals surface area contributed by atoms with Gasteiger partial charge in [-0.2, -0.15) is 0 Å². The third kappa shape index (κ3) is 13.5. The summed E-state index contributed by atoms with van der Waals surface area (Å²) in [6.45, 7) is 8.15. The number of ether oxygens (including phenoxy) is 2. The van der Waals surface area contributed by atoms with E-state index in [9.17, 15) is 9.90 Å².